The van der Waals surface area contributed by atoms with E-state index in [9.17, 15) is 9.59 Å². The summed E-state index contributed by atoms with van der Waals surface area (Å²) < 4.78 is 4.68. The molecule has 0 aliphatic heterocycles. The summed E-state index contributed by atoms with van der Waals surface area (Å²) in [6.07, 6.45) is 1.75. The highest BCUT2D eigenvalue weighted by molar-refractivity contribution is 5.96. The SMILES string of the molecule is COC(=O)N(C)c1ccc(NC(=O)[C@@H]2[C@H](C=C(C)C)C2(C)C)cc1. The second kappa shape index (κ2) is 6.67. The third kappa shape index (κ3) is 3.61. The van der Waals surface area contributed by atoms with Gasteiger partial charge in [-0.15, -0.1) is 0 Å². The highest BCUT2D eigenvalue weighted by atomic mass is 16.5. The minimum absolute atomic E-state index is 0.00754. The van der Waals surface area contributed by atoms with Crippen molar-refractivity contribution in [3.63, 3.8) is 0 Å². The Bertz CT molecular complexity index is 658. The van der Waals surface area contributed by atoms with Crippen molar-refractivity contribution in [2.75, 3.05) is 24.4 Å². The summed E-state index contributed by atoms with van der Waals surface area (Å²) in [7, 11) is 2.98. The molecule has 2 atom stereocenters. The number of carbonyl (C=O) groups excluding carboxylic acids is 2. The molecular formula is C19H26N2O3. The van der Waals surface area contributed by atoms with Crippen molar-refractivity contribution in [1.82, 2.24) is 0 Å². The summed E-state index contributed by atoms with van der Waals surface area (Å²) in [5, 5.41) is 2.97. The summed E-state index contributed by atoms with van der Waals surface area (Å²) in [6, 6.07) is 7.13. The fraction of sp³-hybridized carbons (Fsp3) is 0.474. The van der Waals surface area contributed by atoms with Gasteiger partial charge in [0, 0.05) is 18.4 Å². The minimum atomic E-state index is -0.434. The van der Waals surface area contributed by atoms with Crippen LogP contribution in [0.3, 0.4) is 0 Å². The van der Waals surface area contributed by atoms with Gasteiger partial charge in [-0.1, -0.05) is 25.5 Å². The molecule has 0 radical (unpaired) electrons. The molecule has 1 aromatic carbocycles. The van der Waals surface area contributed by atoms with E-state index in [4.69, 9.17) is 0 Å². The number of amides is 2. The number of carbonyl (C=O) groups is 2. The molecule has 0 saturated heterocycles. The van der Waals surface area contributed by atoms with Gasteiger partial charge in [0.25, 0.3) is 0 Å². The summed E-state index contributed by atoms with van der Waals surface area (Å²) in [5.74, 6) is 0.314. The van der Waals surface area contributed by atoms with Gasteiger partial charge in [-0.25, -0.2) is 4.79 Å². The van der Waals surface area contributed by atoms with Crippen molar-refractivity contribution in [1.29, 1.82) is 0 Å². The van der Waals surface area contributed by atoms with Gasteiger partial charge < -0.3 is 10.1 Å². The molecule has 1 aromatic rings. The number of ether oxygens (including phenoxy) is 1. The normalized spacial score (nSPS) is 20.8. The van der Waals surface area contributed by atoms with E-state index in [2.05, 4.69) is 43.8 Å². The lowest BCUT2D eigenvalue weighted by atomic mass is 10.1. The molecule has 1 aliphatic carbocycles. The first-order valence-corrected chi connectivity index (χ1v) is 8.06. The first-order chi connectivity index (χ1) is 11.2. The monoisotopic (exact) mass is 330 g/mol. The van der Waals surface area contributed by atoms with Crippen LogP contribution in [0.1, 0.15) is 27.7 Å². The van der Waals surface area contributed by atoms with E-state index < -0.39 is 6.09 Å². The quantitative estimate of drug-likeness (QED) is 0.847. The maximum Gasteiger partial charge on any atom is 0.413 e. The lowest BCUT2D eigenvalue weighted by Gasteiger charge is -2.16. The molecule has 24 heavy (non-hydrogen) atoms. The van der Waals surface area contributed by atoms with Crippen molar-refractivity contribution in [2.45, 2.75) is 27.7 Å². The molecule has 1 N–H and O–H groups in total. The number of benzene rings is 1. The predicted octanol–water partition coefficient (Wildman–Crippen LogP) is 4.07. The zero-order chi connectivity index (χ0) is 18.1. The molecule has 1 fully saturated rings. The molecular weight excluding hydrogens is 304 g/mol. The van der Waals surface area contributed by atoms with Gasteiger partial charge >= 0.3 is 6.09 Å². The second-order valence-corrected chi connectivity index (χ2v) is 7.13. The molecule has 0 heterocycles. The van der Waals surface area contributed by atoms with E-state index in [1.165, 1.54) is 17.6 Å². The Labute approximate surface area is 143 Å². The number of hydrogen-bond acceptors (Lipinski definition) is 3. The number of anilines is 2. The summed E-state index contributed by atoms with van der Waals surface area (Å²) >= 11 is 0. The number of nitrogens with zero attached hydrogens (tertiary/aromatic N) is 1. The summed E-state index contributed by atoms with van der Waals surface area (Å²) in [5.41, 5.74) is 2.65. The fourth-order valence-corrected chi connectivity index (χ4v) is 3.08. The highest BCUT2D eigenvalue weighted by Crippen LogP contribution is 2.59. The maximum absolute atomic E-state index is 12.5. The third-order valence-corrected chi connectivity index (χ3v) is 4.68. The van der Waals surface area contributed by atoms with E-state index in [0.29, 0.717) is 5.69 Å². The number of hydrogen-bond donors (Lipinski definition) is 1. The van der Waals surface area contributed by atoms with E-state index in [1.807, 2.05) is 0 Å². The van der Waals surface area contributed by atoms with Gasteiger partial charge in [0.2, 0.25) is 5.91 Å². The molecule has 2 rings (SSSR count). The molecule has 130 valence electrons. The Kier molecular flexibility index (Phi) is 5.02. The minimum Gasteiger partial charge on any atom is -0.452 e. The van der Waals surface area contributed by atoms with Crippen molar-refractivity contribution in [3.05, 3.63) is 35.9 Å². The molecule has 2 amide bonds. The zero-order valence-corrected chi connectivity index (χ0v) is 15.2. The van der Waals surface area contributed by atoms with E-state index in [-0.39, 0.29) is 23.2 Å². The Morgan fingerprint density at radius 2 is 1.79 bits per heavy atom. The van der Waals surface area contributed by atoms with Crippen LogP contribution < -0.4 is 10.2 Å². The van der Waals surface area contributed by atoms with Crippen LogP contribution in [-0.4, -0.2) is 26.2 Å². The molecule has 1 aliphatic rings. The Balaban J connectivity index is 2.03. The average Bonchev–Trinajstić information content (AvgIpc) is 3.06. The van der Waals surface area contributed by atoms with E-state index in [1.54, 1.807) is 31.3 Å². The zero-order valence-electron chi connectivity index (χ0n) is 15.2. The first kappa shape index (κ1) is 18.0. The predicted molar refractivity (Wildman–Crippen MR) is 96.1 cm³/mol. The maximum atomic E-state index is 12.5. The number of rotatable bonds is 4. The topological polar surface area (TPSA) is 58.6 Å². The average molecular weight is 330 g/mol. The van der Waals surface area contributed by atoms with Gasteiger partial charge in [-0.05, 0) is 49.4 Å². The van der Waals surface area contributed by atoms with Crippen LogP contribution in [0.2, 0.25) is 0 Å². The standard InChI is InChI=1S/C19H26N2O3/c1-12(2)11-15-16(19(15,3)4)17(22)20-13-7-9-14(10-8-13)21(5)18(23)24-6/h7-11,15-16H,1-6H3,(H,20,22)/t15-,16-/m0/s1. The van der Waals surface area contributed by atoms with Crippen LogP contribution in [0.15, 0.2) is 35.9 Å². The Morgan fingerprint density at radius 3 is 2.29 bits per heavy atom. The summed E-state index contributed by atoms with van der Waals surface area (Å²) in [6.45, 7) is 8.35. The lowest BCUT2D eigenvalue weighted by Crippen LogP contribution is -2.25. The number of allylic oxidation sites excluding steroid dienone is 2. The van der Waals surface area contributed by atoms with Crippen LogP contribution in [0.5, 0.6) is 0 Å². The van der Waals surface area contributed by atoms with Crippen LogP contribution >= 0.6 is 0 Å². The van der Waals surface area contributed by atoms with Crippen molar-refractivity contribution in [2.24, 2.45) is 17.3 Å². The Morgan fingerprint density at radius 1 is 1.21 bits per heavy atom. The number of methoxy groups -OCH3 is 1. The van der Waals surface area contributed by atoms with Crippen LogP contribution in [0, 0.1) is 17.3 Å². The Hall–Kier alpha value is -2.30. The first-order valence-electron chi connectivity index (χ1n) is 8.06. The van der Waals surface area contributed by atoms with Crippen molar-refractivity contribution in [3.8, 4) is 0 Å². The van der Waals surface area contributed by atoms with Gasteiger partial charge in [-0.3, -0.25) is 9.69 Å². The van der Waals surface area contributed by atoms with Gasteiger partial charge in [-0.2, -0.15) is 0 Å². The van der Waals surface area contributed by atoms with Gasteiger partial charge in [0.05, 0.1) is 13.0 Å². The molecule has 0 aromatic heterocycles. The lowest BCUT2D eigenvalue weighted by molar-refractivity contribution is -0.118. The largest absolute Gasteiger partial charge is 0.452 e. The molecule has 0 unspecified atom stereocenters. The molecule has 1 saturated carbocycles. The van der Waals surface area contributed by atoms with Crippen LogP contribution in [0.25, 0.3) is 0 Å². The molecule has 5 nitrogen and oxygen atoms in total. The second-order valence-electron chi connectivity index (χ2n) is 7.13. The molecule has 0 spiro atoms. The van der Waals surface area contributed by atoms with E-state index in [0.717, 1.165) is 5.69 Å². The van der Waals surface area contributed by atoms with Crippen molar-refractivity contribution >= 4 is 23.4 Å². The summed E-state index contributed by atoms with van der Waals surface area (Å²) in [4.78, 5) is 25.4. The highest BCUT2D eigenvalue weighted by Gasteiger charge is 2.60. The van der Waals surface area contributed by atoms with Crippen LogP contribution in [0.4, 0.5) is 16.2 Å². The molecule has 5 heteroatoms. The smallest absolute Gasteiger partial charge is 0.413 e. The number of nitrogens with one attached hydrogen (secondary N) is 1. The van der Waals surface area contributed by atoms with Gasteiger partial charge in [0.15, 0.2) is 0 Å². The molecule has 0 bridgehead atoms. The fourth-order valence-electron chi connectivity index (χ4n) is 3.08. The van der Waals surface area contributed by atoms with E-state index >= 15 is 0 Å². The van der Waals surface area contributed by atoms with Crippen molar-refractivity contribution < 1.29 is 14.3 Å². The third-order valence-electron chi connectivity index (χ3n) is 4.68. The van der Waals surface area contributed by atoms with Crippen LogP contribution in [-0.2, 0) is 9.53 Å². The van der Waals surface area contributed by atoms with Gasteiger partial charge in [0.1, 0.15) is 0 Å².